The molecule has 0 atom stereocenters. The second-order valence-corrected chi connectivity index (χ2v) is 6.34. The maximum Gasteiger partial charge on any atom is 0.222 e. The van der Waals surface area contributed by atoms with Crippen molar-refractivity contribution in [2.75, 3.05) is 18.1 Å². The second-order valence-electron chi connectivity index (χ2n) is 6.34. The van der Waals surface area contributed by atoms with Crippen molar-refractivity contribution < 1.29 is 4.74 Å². The van der Waals surface area contributed by atoms with Gasteiger partial charge in [-0.2, -0.15) is 4.98 Å². The lowest BCUT2D eigenvalue weighted by atomic mass is 9.79. The average molecular weight is 314 g/mol. The van der Waals surface area contributed by atoms with Crippen LogP contribution in [0.3, 0.4) is 0 Å². The number of ether oxygens (including phenoxy) is 1. The topological polar surface area (TPSA) is 87.0 Å². The highest BCUT2D eigenvalue weighted by Gasteiger charge is 2.25. The summed E-state index contributed by atoms with van der Waals surface area (Å²) in [5, 5.41) is 0. The van der Waals surface area contributed by atoms with Crippen LogP contribution in [-0.4, -0.2) is 16.6 Å². The van der Waals surface area contributed by atoms with Crippen molar-refractivity contribution in [1.82, 2.24) is 9.97 Å². The van der Waals surface area contributed by atoms with Gasteiger partial charge in [-0.3, -0.25) is 0 Å². The van der Waals surface area contributed by atoms with Gasteiger partial charge >= 0.3 is 0 Å². The smallest absolute Gasteiger partial charge is 0.222 e. The first-order valence-corrected chi connectivity index (χ1v) is 7.96. The standard InChI is InChI=1S/C18H26N4O/c1-5-23-15-9-7-6-8-14(15)18(3,4)11-10-13-12(2)21-17(20)22-16(13)19/h6-9H,5,10-11H2,1-4H3,(H4,19,20,21,22). The molecule has 0 fully saturated rings. The molecule has 0 radical (unpaired) electrons. The Morgan fingerprint density at radius 3 is 2.48 bits per heavy atom. The first-order chi connectivity index (χ1) is 10.8. The molecule has 0 bridgehead atoms. The van der Waals surface area contributed by atoms with E-state index in [1.165, 1.54) is 5.56 Å². The van der Waals surface area contributed by atoms with Gasteiger partial charge in [-0.1, -0.05) is 32.0 Å². The molecular formula is C18H26N4O. The zero-order valence-corrected chi connectivity index (χ0v) is 14.4. The number of hydrogen-bond donors (Lipinski definition) is 2. The average Bonchev–Trinajstić information content (AvgIpc) is 2.46. The van der Waals surface area contributed by atoms with Gasteiger partial charge in [0.05, 0.1) is 6.61 Å². The molecule has 4 N–H and O–H groups in total. The van der Waals surface area contributed by atoms with E-state index in [-0.39, 0.29) is 11.4 Å². The summed E-state index contributed by atoms with van der Waals surface area (Å²) in [4.78, 5) is 8.29. The van der Waals surface area contributed by atoms with E-state index in [0.717, 1.165) is 29.8 Å². The Hall–Kier alpha value is -2.30. The van der Waals surface area contributed by atoms with Gasteiger partial charge in [0.25, 0.3) is 0 Å². The van der Waals surface area contributed by atoms with Gasteiger partial charge in [-0.15, -0.1) is 0 Å². The van der Waals surface area contributed by atoms with Crippen LogP contribution in [0.2, 0.25) is 0 Å². The van der Waals surface area contributed by atoms with Crippen LogP contribution < -0.4 is 16.2 Å². The summed E-state index contributed by atoms with van der Waals surface area (Å²) in [7, 11) is 0. The highest BCUT2D eigenvalue weighted by Crippen LogP contribution is 2.35. The third kappa shape index (κ3) is 3.92. The molecular weight excluding hydrogens is 288 g/mol. The van der Waals surface area contributed by atoms with Crippen LogP contribution in [0.15, 0.2) is 24.3 Å². The molecule has 0 aliphatic carbocycles. The molecule has 124 valence electrons. The number of hydrogen-bond acceptors (Lipinski definition) is 5. The zero-order chi connectivity index (χ0) is 17.0. The maximum absolute atomic E-state index is 6.01. The predicted molar refractivity (Wildman–Crippen MR) is 94.6 cm³/mol. The molecule has 0 aliphatic rings. The third-order valence-electron chi connectivity index (χ3n) is 4.18. The van der Waals surface area contributed by atoms with Crippen LogP contribution in [0.4, 0.5) is 11.8 Å². The lowest BCUT2D eigenvalue weighted by Gasteiger charge is -2.28. The minimum Gasteiger partial charge on any atom is -0.494 e. The summed E-state index contributed by atoms with van der Waals surface area (Å²) >= 11 is 0. The van der Waals surface area contributed by atoms with Gasteiger partial charge in [0.1, 0.15) is 11.6 Å². The molecule has 5 nitrogen and oxygen atoms in total. The Labute approximate surface area is 138 Å². The van der Waals surface area contributed by atoms with Crippen molar-refractivity contribution in [1.29, 1.82) is 0 Å². The number of aromatic nitrogens is 2. The van der Waals surface area contributed by atoms with Crippen molar-refractivity contribution in [3.63, 3.8) is 0 Å². The summed E-state index contributed by atoms with van der Waals surface area (Å²) in [6, 6.07) is 8.19. The molecule has 2 aromatic rings. The Bertz CT molecular complexity index is 659. The summed E-state index contributed by atoms with van der Waals surface area (Å²) in [6.45, 7) is 9.01. The van der Waals surface area contributed by atoms with Crippen LogP contribution in [0.1, 0.15) is 44.0 Å². The minimum absolute atomic E-state index is 0.0496. The molecule has 0 amide bonds. The van der Waals surface area contributed by atoms with Crippen LogP contribution in [0, 0.1) is 6.92 Å². The number of benzene rings is 1. The Balaban J connectivity index is 2.23. The van der Waals surface area contributed by atoms with Gasteiger partial charge < -0.3 is 16.2 Å². The fourth-order valence-corrected chi connectivity index (χ4v) is 2.83. The van der Waals surface area contributed by atoms with Gasteiger partial charge in [0.2, 0.25) is 5.95 Å². The Morgan fingerprint density at radius 2 is 1.83 bits per heavy atom. The Morgan fingerprint density at radius 1 is 1.13 bits per heavy atom. The number of nitrogen functional groups attached to an aromatic ring is 2. The normalized spacial score (nSPS) is 11.5. The molecule has 0 aliphatic heterocycles. The van der Waals surface area contributed by atoms with Gasteiger partial charge in [-0.25, -0.2) is 4.98 Å². The number of aryl methyl sites for hydroxylation is 1. The molecule has 0 spiro atoms. The van der Waals surface area contributed by atoms with Crippen molar-refractivity contribution in [2.24, 2.45) is 0 Å². The SMILES string of the molecule is CCOc1ccccc1C(C)(C)CCc1c(C)nc(N)nc1N. The van der Waals surface area contributed by atoms with Crippen molar-refractivity contribution in [3.8, 4) is 5.75 Å². The minimum atomic E-state index is -0.0496. The predicted octanol–water partition coefficient (Wildman–Crippen LogP) is 3.26. The maximum atomic E-state index is 6.01. The van der Waals surface area contributed by atoms with Crippen LogP contribution in [0.25, 0.3) is 0 Å². The van der Waals surface area contributed by atoms with E-state index in [4.69, 9.17) is 16.2 Å². The summed E-state index contributed by atoms with van der Waals surface area (Å²) in [5.41, 5.74) is 14.6. The van der Waals surface area contributed by atoms with Crippen molar-refractivity contribution in [3.05, 3.63) is 41.1 Å². The number of nitrogens with two attached hydrogens (primary N) is 2. The van der Waals surface area contributed by atoms with E-state index >= 15 is 0 Å². The van der Waals surface area contributed by atoms with Crippen LogP contribution >= 0.6 is 0 Å². The van der Waals surface area contributed by atoms with Crippen molar-refractivity contribution in [2.45, 2.75) is 46.0 Å². The molecule has 0 saturated heterocycles. The molecule has 0 saturated carbocycles. The zero-order valence-electron chi connectivity index (χ0n) is 14.4. The molecule has 0 unspecified atom stereocenters. The molecule has 1 aromatic heterocycles. The summed E-state index contributed by atoms with van der Waals surface area (Å²) in [6.07, 6.45) is 1.71. The lowest BCUT2D eigenvalue weighted by Crippen LogP contribution is -2.20. The van der Waals surface area contributed by atoms with E-state index < -0.39 is 0 Å². The lowest BCUT2D eigenvalue weighted by molar-refractivity contribution is 0.325. The number of rotatable bonds is 6. The van der Waals surface area contributed by atoms with Gasteiger partial charge in [-0.05, 0) is 43.7 Å². The first kappa shape index (κ1) is 17.1. The monoisotopic (exact) mass is 314 g/mol. The molecule has 5 heteroatoms. The van der Waals surface area contributed by atoms with E-state index in [9.17, 15) is 0 Å². The largest absolute Gasteiger partial charge is 0.494 e. The first-order valence-electron chi connectivity index (χ1n) is 7.96. The molecule has 1 aromatic carbocycles. The van der Waals surface area contributed by atoms with Crippen molar-refractivity contribution >= 4 is 11.8 Å². The quantitative estimate of drug-likeness (QED) is 0.854. The third-order valence-corrected chi connectivity index (χ3v) is 4.18. The van der Waals surface area contributed by atoms with Crippen LogP contribution in [-0.2, 0) is 11.8 Å². The molecule has 23 heavy (non-hydrogen) atoms. The number of para-hydroxylation sites is 1. The highest BCUT2D eigenvalue weighted by atomic mass is 16.5. The molecule has 1 heterocycles. The highest BCUT2D eigenvalue weighted by molar-refractivity contribution is 5.46. The molecule has 2 rings (SSSR count). The van der Waals surface area contributed by atoms with E-state index in [1.807, 2.05) is 32.0 Å². The van der Waals surface area contributed by atoms with E-state index in [0.29, 0.717) is 12.4 Å². The van der Waals surface area contributed by atoms with E-state index in [2.05, 4.69) is 29.9 Å². The van der Waals surface area contributed by atoms with Gasteiger partial charge in [0.15, 0.2) is 0 Å². The van der Waals surface area contributed by atoms with Crippen LogP contribution in [0.5, 0.6) is 5.75 Å². The summed E-state index contributed by atoms with van der Waals surface area (Å²) < 4.78 is 5.77. The second kappa shape index (κ2) is 6.86. The van der Waals surface area contributed by atoms with E-state index in [1.54, 1.807) is 0 Å². The summed E-state index contributed by atoms with van der Waals surface area (Å²) in [5.74, 6) is 1.65. The van der Waals surface area contributed by atoms with Gasteiger partial charge in [0, 0.05) is 11.3 Å². The fourth-order valence-electron chi connectivity index (χ4n) is 2.83. The Kier molecular flexibility index (Phi) is 5.08. The number of anilines is 2. The number of nitrogens with zero attached hydrogens (tertiary/aromatic N) is 2. The fraction of sp³-hybridized carbons (Fsp3) is 0.444.